The quantitative estimate of drug-likeness (QED) is 0.837. The van der Waals surface area contributed by atoms with Crippen LogP contribution in [-0.2, 0) is 4.79 Å². The summed E-state index contributed by atoms with van der Waals surface area (Å²) in [5, 5.41) is 0. The molecule has 4 rings (SSSR count). The molecule has 23 heavy (non-hydrogen) atoms. The van der Waals surface area contributed by atoms with Crippen LogP contribution in [0.15, 0.2) is 24.3 Å². The Bertz CT molecular complexity index is 587. The molecule has 3 fully saturated rings. The third kappa shape index (κ3) is 2.69. The number of benzene rings is 1. The first-order chi connectivity index (χ1) is 11.2. The van der Waals surface area contributed by atoms with Gasteiger partial charge in [-0.25, -0.2) is 0 Å². The highest BCUT2D eigenvalue weighted by molar-refractivity contribution is 5.83. The van der Waals surface area contributed by atoms with Gasteiger partial charge in [-0.15, -0.1) is 0 Å². The van der Waals surface area contributed by atoms with Crippen molar-refractivity contribution in [3.8, 4) is 0 Å². The highest BCUT2D eigenvalue weighted by atomic mass is 16.2. The second-order valence-electron chi connectivity index (χ2n) is 7.86. The summed E-state index contributed by atoms with van der Waals surface area (Å²) in [6.07, 6.45) is 5.72. The van der Waals surface area contributed by atoms with Crippen LogP contribution in [0.1, 0.15) is 49.1 Å². The molecule has 1 atom stereocenters. The van der Waals surface area contributed by atoms with Crippen molar-refractivity contribution in [1.82, 2.24) is 9.80 Å². The molecule has 0 aliphatic carbocycles. The van der Waals surface area contributed by atoms with Gasteiger partial charge >= 0.3 is 0 Å². The topological polar surface area (TPSA) is 23.6 Å². The second-order valence-corrected chi connectivity index (χ2v) is 7.86. The number of carbonyl (C=O) groups excluding carboxylic acids is 1. The van der Waals surface area contributed by atoms with Crippen LogP contribution >= 0.6 is 0 Å². The van der Waals surface area contributed by atoms with Gasteiger partial charge in [0.15, 0.2) is 0 Å². The number of rotatable bonds is 2. The standard InChI is InChI=1S/C20H28N2O/c1-16-6-2-3-7-18(16)17-8-13-22(14-17)19(23)20-9-4-11-21(15-20)12-5-10-20/h2-3,6-7,17H,4-5,8-15H2,1H3. The van der Waals surface area contributed by atoms with Gasteiger partial charge in [0.1, 0.15) is 0 Å². The van der Waals surface area contributed by atoms with Crippen molar-refractivity contribution in [2.75, 3.05) is 32.7 Å². The zero-order valence-electron chi connectivity index (χ0n) is 14.3. The van der Waals surface area contributed by atoms with E-state index in [4.69, 9.17) is 0 Å². The molecule has 0 spiro atoms. The van der Waals surface area contributed by atoms with Gasteiger partial charge in [-0.2, -0.15) is 0 Å². The van der Waals surface area contributed by atoms with E-state index in [0.29, 0.717) is 11.8 Å². The first-order valence-electron chi connectivity index (χ1n) is 9.25. The maximum absolute atomic E-state index is 13.3. The lowest BCUT2D eigenvalue weighted by atomic mass is 9.72. The molecule has 1 unspecified atom stereocenters. The fraction of sp³-hybridized carbons (Fsp3) is 0.650. The van der Waals surface area contributed by atoms with E-state index in [0.717, 1.165) is 38.9 Å². The molecule has 1 amide bonds. The molecule has 0 radical (unpaired) electrons. The van der Waals surface area contributed by atoms with Crippen molar-refractivity contribution in [2.45, 2.75) is 44.9 Å². The van der Waals surface area contributed by atoms with Gasteiger partial charge in [0, 0.05) is 25.6 Å². The van der Waals surface area contributed by atoms with E-state index in [2.05, 4.69) is 41.0 Å². The number of likely N-dealkylation sites (tertiary alicyclic amines) is 1. The fourth-order valence-corrected chi connectivity index (χ4v) is 5.12. The van der Waals surface area contributed by atoms with Crippen molar-refractivity contribution < 1.29 is 4.79 Å². The number of piperidine rings is 2. The third-order valence-corrected chi connectivity index (χ3v) is 6.34. The lowest BCUT2D eigenvalue weighted by Crippen LogP contribution is -2.55. The zero-order valence-corrected chi connectivity index (χ0v) is 14.3. The molecule has 0 saturated carbocycles. The van der Waals surface area contributed by atoms with Crippen molar-refractivity contribution in [3.05, 3.63) is 35.4 Å². The average molecular weight is 312 g/mol. The SMILES string of the molecule is Cc1ccccc1C1CCN(C(=O)C23CCCN(CCC2)C3)C1. The fourth-order valence-electron chi connectivity index (χ4n) is 5.12. The Balaban J connectivity index is 1.49. The Labute approximate surface area is 139 Å². The number of amides is 1. The minimum Gasteiger partial charge on any atom is -0.342 e. The Morgan fingerprint density at radius 3 is 2.61 bits per heavy atom. The van der Waals surface area contributed by atoms with Crippen molar-refractivity contribution in [3.63, 3.8) is 0 Å². The predicted molar refractivity (Wildman–Crippen MR) is 92.5 cm³/mol. The molecule has 3 heterocycles. The van der Waals surface area contributed by atoms with Gasteiger partial charge in [-0.1, -0.05) is 24.3 Å². The molecule has 3 nitrogen and oxygen atoms in total. The Morgan fingerprint density at radius 2 is 1.87 bits per heavy atom. The van der Waals surface area contributed by atoms with E-state index in [1.807, 2.05) is 0 Å². The van der Waals surface area contributed by atoms with E-state index in [-0.39, 0.29) is 5.41 Å². The smallest absolute Gasteiger partial charge is 0.230 e. The summed E-state index contributed by atoms with van der Waals surface area (Å²) < 4.78 is 0. The summed E-state index contributed by atoms with van der Waals surface area (Å²) in [6.45, 7) is 7.46. The minimum absolute atomic E-state index is 0.0584. The largest absolute Gasteiger partial charge is 0.342 e. The highest BCUT2D eigenvalue weighted by Gasteiger charge is 2.47. The second kappa shape index (κ2) is 5.94. The van der Waals surface area contributed by atoms with Gasteiger partial charge < -0.3 is 9.80 Å². The van der Waals surface area contributed by atoms with Gasteiger partial charge in [0.05, 0.1) is 5.41 Å². The molecule has 1 aromatic rings. The van der Waals surface area contributed by atoms with Gasteiger partial charge in [-0.3, -0.25) is 4.79 Å². The van der Waals surface area contributed by atoms with Crippen molar-refractivity contribution in [2.24, 2.45) is 5.41 Å². The molecule has 0 aromatic heterocycles. The minimum atomic E-state index is -0.0584. The Morgan fingerprint density at radius 1 is 1.13 bits per heavy atom. The summed E-state index contributed by atoms with van der Waals surface area (Å²) in [6, 6.07) is 8.67. The lowest BCUT2D eigenvalue weighted by Gasteiger charge is -2.47. The molecular weight excluding hydrogens is 284 g/mol. The summed E-state index contributed by atoms with van der Waals surface area (Å²) in [7, 11) is 0. The zero-order chi connectivity index (χ0) is 15.9. The number of aryl methyl sites for hydroxylation is 1. The predicted octanol–water partition coefficient (Wildman–Crippen LogP) is 3.19. The van der Waals surface area contributed by atoms with Crippen LogP contribution in [0.4, 0.5) is 0 Å². The summed E-state index contributed by atoms with van der Waals surface area (Å²) >= 11 is 0. The van der Waals surface area contributed by atoms with E-state index in [1.165, 1.54) is 37.1 Å². The van der Waals surface area contributed by atoms with E-state index in [1.54, 1.807) is 0 Å². The number of hydrogen-bond acceptors (Lipinski definition) is 2. The van der Waals surface area contributed by atoms with E-state index >= 15 is 0 Å². The van der Waals surface area contributed by atoms with Crippen LogP contribution in [-0.4, -0.2) is 48.4 Å². The maximum Gasteiger partial charge on any atom is 0.230 e. The van der Waals surface area contributed by atoms with Crippen LogP contribution < -0.4 is 0 Å². The molecule has 0 N–H and O–H groups in total. The molecule has 124 valence electrons. The number of hydrogen-bond donors (Lipinski definition) is 0. The molecule has 3 aliphatic rings. The molecule has 3 heteroatoms. The molecular formula is C20H28N2O. The Kier molecular flexibility index (Phi) is 3.92. The summed E-state index contributed by atoms with van der Waals surface area (Å²) in [5.74, 6) is 0.984. The number of carbonyl (C=O) groups is 1. The summed E-state index contributed by atoms with van der Waals surface area (Å²) in [4.78, 5) is 18.0. The Hall–Kier alpha value is -1.35. The lowest BCUT2D eigenvalue weighted by molar-refractivity contribution is -0.147. The van der Waals surface area contributed by atoms with E-state index < -0.39 is 0 Å². The van der Waals surface area contributed by atoms with Gasteiger partial charge in [0.25, 0.3) is 0 Å². The number of nitrogens with zero attached hydrogens (tertiary/aromatic N) is 2. The first kappa shape index (κ1) is 15.2. The van der Waals surface area contributed by atoms with Crippen LogP contribution in [0, 0.1) is 12.3 Å². The summed E-state index contributed by atoms with van der Waals surface area (Å²) in [5.41, 5.74) is 2.75. The molecule has 3 aliphatic heterocycles. The van der Waals surface area contributed by atoms with Crippen molar-refractivity contribution in [1.29, 1.82) is 0 Å². The highest BCUT2D eigenvalue weighted by Crippen LogP contribution is 2.41. The van der Waals surface area contributed by atoms with E-state index in [9.17, 15) is 4.79 Å². The van der Waals surface area contributed by atoms with Crippen LogP contribution in [0.3, 0.4) is 0 Å². The average Bonchev–Trinajstić information content (AvgIpc) is 3.04. The molecule has 2 bridgehead atoms. The van der Waals surface area contributed by atoms with Crippen LogP contribution in [0.25, 0.3) is 0 Å². The van der Waals surface area contributed by atoms with Gasteiger partial charge in [-0.05, 0) is 63.2 Å². The monoisotopic (exact) mass is 312 g/mol. The van der Waals surface area contributed by atoms with Crippen LogP contribution in [0.5, 0.6) is 0 Å². The normalized spacial score (nSPS) is 33.7. The maximum atomic E-state index is 13.3. The third-order valence-electron chi connectivity index (χ3n) is 6.34. The van der Waals surface area contributed by atoms with Crippen LogP contribution in [0.2, 0.25) is 0 Å². The number of fused-ring (bicyclic) bond motifs is 2. The first-order valence-corrected chi connectivity index (χ1v) is 9.25. The van der Waals surface area contributed by atoms with Crippen molar-refractivity contribution >= 4 is 5.91 Å². The van der Waals surface area contributed by atoms with Gasteiger partial charge in [0.2, 0.25) is 5.91 Å². The molecule has 1 aromatic carbocycles. The molecule has 3 saturated heterocycles.